The number of amides is 1. The first-order valence-electron chi connectivity index (χ1n) is 6.11. The lowest BCUT2D eigenvalue weighted by Gasteiger charge is -2.26. The third-order valence-electron chi connectivity index (χ3n) is 3.56. The van der Waals surface area contributed by atoms with Gasteiger partial charge in [0.25, 0.3) is 5.91 Å². The summed E-state index contributed by atoms with van der Waals surface area (Å²) in [6, 6.07) is 0.227. The molecule has 4 heteroatoms. The van der Waals surface area contributed by atoms with E-state index in [0.29, 0.717) is 0 Å². The van der Waals surface area contributed by atoms with Crippen LogP contribution in [-0.4, -0.2) is 23.2 Å². The summed E-state index contributed by atoms with van der Waals surface area (Å²) in [4.78, 5) is 13.3. The van der Waals surface area contributed by atoms with Crippen molar-refractivity contribution in [2.75, 3.05) is 0 Å². The van der Waals surface area contributed by atoms with Gasteiger partial charge in [0.1, 0.15) is 0 Å². The summed E-state index contributed by atoms with van der Waals surface area (Å²) in [6.07, 6.45) is 3.19. The van der Waals surface area contributed by atoms with E-state index in [4.69, 9.17) is 0 Å². The SMILES string of the molecule is Cc1scc(C(=O)NC2CCC(O)CC2)c1C. The average Bonchev–Trinajstić information content (AvgIpc) is 2.63. The molecular weight excluding hydrogens is 234 g/mol. The van der Waals surface area contributed by atoms with Crippen LogP contribution in [0.15, 0.2) is 5.38 Å². The molecule has 0 radical (unpaired) electrons. The molecule has 1 fully saturated rings. The van der Waals surface area contributed by atoms with Gasteiger partial charge in [-0.05, 0) is 45.1 Å². The summed E-state index contributed by atoms with van der Waals surface area (Å²) >= 11 is 1.62. The van der Waals surface area contributed by atoms with Crippen molar-refractivity contribution in [3.63, 3.8) is 0 Å². The number of aryl methyl sites for hydroxylation is 1. The Labute approximate surface area is 106 Å². The highest BCUT2D eigenvalue weighted by Crippen LogP contribution is 2.22. The van der Waals surface area contributed by atoms with Gasteiger partial charge in [-0.2, -0.15) is 0 Å². The number of carbonyl (C=O) groups is 1. The Kier molecular flexibility index (Phi) is 3.84. The van der Waals surface area contributed by atoms with Crippen molar-refractivity contribution in [2.24, 2.45) is 0 Å². The maximum absolute atomic E-state index is 12.1. The van der Waals surface area contributed by atoms with E-state index in [1.165, 1.54) is 4.88 Å². The lowest BCUT2D eigenvalue weighted by Crippen LogP contribution is -2.38. The van der Waals surface area contributed by atoms with Crippen molar-refractivity contribution in [2.45, 2.75) is 51.7 Å². The first kappa shape index (κ1) is 12.6. The standard InChI is InChI=1S/C13H19NO2S/c1-8-9(2)17-7-12(8)13(16)14-10-3-5-11(15)6-4-10/h7,10-11,15H,3-6H2,1-2H3,(H,14,16). The summed E-state index contributed by atoms with van der Waals surface area (Å²) in [5, 5.41) is 14.4. The third-order valence-corrected chi connectivity index (χ3v) is 4.58. The summed E-state index contributed by atoms with van der Waals surface area (Å²) in [7, 11) is 0. The van der Waals surface area contributed by atoms with E-state index in [2.05, 4.69) is 5.32 Å². The van der Waals surface area contributed by atoms with Gasteiger partial charge in [0.15, 0.2) is 0 Å². The number of aliphatic hydroxyl groups excluding tert-OH is 1. The van der Waals surface area contributed by atoms with E-state index >= 15 is 0 Å². The molecule has 2 N–H and O–H groups in total. The molecule has 0 saturated heterocycles. The van der Waals surface area contributed by atoms with E-state index in [0.717, 1.165) is 36.8 Å². The van der Waals surface area contributed by atoms with Crippen LogP contribution in [0.3, 0.4) is 0 Å². The maximum atomic E-state index is 12.1. The molecule has 0 aromatic carbocycles. The zero-order valence-electron chi connectivity index (χ0n) is 10.3. The molecule has 1 saturated carbocycles. The molecule has 3 nitrogen and oxygen atoms in total. The quantitative estimate of drug-likeness (QED) is 0.850. The van der Waals surface area contributed by atoms with Crippen molar-refractivity contribution in [3.8, 4) is 0 Å². The van der Waals surface area contributed by atoms with Crippen molar-refractivity contribution in [1.82, 2.24) is 5.32 Å². The van der Waals surface area contributed by atoms with Crippen molar-refractivity contribution in [3.05, 3.63) is 21.4 Å². The van der Waals surface area contributed by atoms with Crippen LogP contribution in [0, 0.1) is 13.8 Å². The zero-order chi connectivity index (χ0) is 12.4. The molecule has 1 amide bonds. The van der Waals surface area contributed by atoms with E-state index in [-0.39, 0.29) is 18.1 Å². The molecule has 1 aromatic rings. The van der Waals surface area contributed by atoms with Crippen LogP contribution in [0.25, 0.3) is 0 Å². The fourth-order valence-corrected chi connectivity index (χ4v) is 3.09. The van der Waals surface area contributed by atoms with Crippen LogP contribution in [0.2, 0.25) is 0 Å². The van der Waals surface area contributed by atoms with Gasteiger partial charge in [-0.15, -0.1) is 11.3 Å². The Morgan fingerprint density at radius 3 is 2.53 bits per heavy atom. The normalized spacial score (nSPS) is 24.6. The van der Waals surface area contributed by atoms with Gasteiger partial charge in [-0.25, -0.2) is 0 Å². The number of hydrogen-bond acceptors (Lipinski definition) is 3. The molecule has 1 aliphatic rings. The van der Waals surface area contributed by atoms with Gasteiger partial charge in [0, 0.05) is 16.3 Å². The van der Waals surface area contributed by atoms with Crippen LogP contribution in [0.1, 0.15) is 46.5 Å². The second-order valence-corrected chi connectivity index (χ2v) is 5.89. The van der Waals surface area contributed by atoms with Gasteiger partial charge >= 0.3 is 0 Å². The van der Waals surface area contributed by atoms with Crippen LogP contribution in [-0.2, 0) is 0 Å². The molecule has 1 aromatic heterocycles. The molecular formula is C13H19NO2S. The highest BCUT2D eigenvalue weighted by molar-refractivity contribution is 7.10. The Hall–Kier alpha value is -0.870. The number of hydrogen-bond donors (Lipinski definition) is 2. The molecule has 17 heavy (non-hydrogen) atoms. The average molecular weight is 253 g/mol. The van der Waals surface area contributed by atoms with E-state index in [1.54, 1.807) is 11.3 Å². The van der Waals surface area contributed by atoms with Gasteiger partial charge in [0.05, 0.1) is 11.7 Å². The summed E-state index contributed by atoms with van der Waals surface area (Å²) in [6.45, 7) is 4.03. The number of rotatable bonds is 2. The summed E-state index contributed by atoms with van der Waals surface area (Å²) in [5.74, 6) is 0.0354. The van der Waals surface area contributed by atoms with Crippen LogP contribution < -0.4 is 5.32 Å². The first-order valence-corrected chi connectivity index (χ1v) is 6.99. The summed E-state index contributed by atoms with van der Waals surface area (Å²) in [5.41, 5.74) is 1.89. The monoisotopic (exact) mass is 253 g/mol. The molecule has 0 unspecified atom stereocenters. The highest BCUT2D eigenvalue weighted by atomic mass is 32.1. The highest BCUT2D eigenvalue weighted by Gasteiger charge is 2.22. The molecule has 0 aliphatic heterocycles. The lowest BCUT2D eigenvalue weighted by atomic mass is 9.93. The number of carbonyl (C=O) groups excluding carboxylic acids is 1. The maximum Gasteiger partial charge on any atom is 0.252 e. The topological polar surface area (TPSA) is 49.3 Å². The minimum Gasteiger partial charge on any atom is -0.393 e. The lowest BCUT2D eigenvalue weighted by molar-refractivity contribution is 0.0867. The Balaban J connectivity index is 1.95. The minimum atomic E-state index is -0.173. The number of aliphatic hydroxyl groups is 1. The molecule has 0 spiro atoms. The molecule has 1 aliphatic carbocycles. The fourth-order valence-electron chi connectivity index (χ4n) is 2.22. The van der Waals surface area contributed by atoms with Crippen LogP contribution in [0.5, 0.6) is 0 Å². The second-order valence-electron chi connectivity index (χ2n) is 4.81. The molecule has 0 bridgehead atoms. The molecule has 0 atom stereocenters. The molecule has 2 rings (SSSR count). The number of nitrogens with one attached hydrogen (secondary N) is 1. The molecule has 94 valence electrons. The molecule has 1 heterocycles. The fraction of sp³-hybridized carbons (Fsp3) is 0.615. The van der Waals surface area contributed by atoms with Gasteiger partial charge in [0.2, 0.25) is 0 Å². The number of thiophene rings is 1. The van der Waals surface area contributed by atoms with Gasteiger partial charge in [-0.1, -0.05) is 0 Å². The first-order chi connectivity index (χ1) is 8.08. The summed E-state index contributed by atoms with van der Waals surface area (Å²) < 4.78 is 0. The van der Waals surface area contributed by atoms with E-state index in [1.807, 2.05) is 19.2 Å². The second kappa shape index (κ2) is 5.19. The smallest absolute Gasteiger partial charge is 0.252 e. The van der Waals surface area contributed by atoms with Gasteiger partial charge < -0.3 is 10.4 Å². The predicted octanol–water partition coefficient (Wildman–Crippen LogP) is 2.40. The Bertz CT molecular complexity index is 406. The van der Waals surface area contributed by atoms with Crippen molar-refractivity contribution in [1.29, 1.82) is 0 Å². The Morgan fingerprint density at radius 1 is 1.35 bits per heavy atom. The van der Waals surface area contributed by atoms with Crippen molar-refractivity contribution >= 4 is 17.2 Å². The van der Waals surface area contributed by atoms with Crippen LogP contribution >= 0.6 is 11.3 Å². The Morgan fingerprint density at radius 2 is 2.00 bits per heavy atom. The van der Waals surface area contributed by atoms with Crippen molar-refractivity contribution < 1.29 is 9.90 Å². The van der Waals surface area contributed by atoms with E-state index < -0.39 is 0 Å². The van der Waals surface area contributed by atoms with E-state index in [9.17, 15) is 9.90 Å². The third kappa shape index (κ3) is 2.87. The van der Waals surface area contributed by atoms with Crippen LogP contribution in [0.4, 0.5) is 0 Å². The predicted molar refractivity (Wildman–Crippen MR) is 69.5 cm³/mol. The largest absolute Gasteiger partial charge is 0.393 e. The zero-order valence-corrected chi connectivity index (χ0v) is 11.1. The van der Waals surface area contributed by atoms with Gasteiger partial charge in [-0.3, -0.25) is 4.79 Å². The minimum absolute atomic E-state index is 0.0354.